The van der Waals surface area contributed by atoms with Crippen molar-refractivity contribution in [2.45, 2.75) is 109 Å². The summed E-state index contributed by atoms with van der Waals surface area (Å²) in [7, 11) is 0. The molecule has 1 unspecified atom stereocenters. The molecule has 0 aromatic carbocycles. The molecule has 1 aliphatic rings. The zero-order chi connectivity index (χ0) is 23.3. The van der Waals surface area contributed by atoms with Gasteiger partial charge in [0.1, 0.15) is 5.78 Å². The van der Waals surface area contributed by atoms with Crippen LogP contribution in [0.25, 0.3) is 0 Å². The monoisotopic (exact) mass is 444 g/mol. The van der Waals surface area contributed by atoms with Crippen LogP contribution in [0.5, 0.6) is 0 Å². The van der Waals surface area contributed by atoms with Gasteiger partial charge >= 0.3 is 11.9 Å². The van der Waals surface area contributed by atoms with Crippen LogP contribution in [0.1, 0.15) is 96.8 Å². The Labute approximate surface area is 184 Å². The number of rotatable bonds is 17. The fourth-order valence-corrected chi connectivity index (χ4v) is 4.19. The molecular formula is C24H38F2O5. The van der Waals surface area contributed by atoms with Gasteiger partial charge in [0.2, 0.25) is 5.78 Å². The number of ketones is 2. The van der Waals surface area contributed by atoms with E-state index in [-0.39, 0.29) is 31.5 Å². The van der Waals surface area contributed by atoms with Crippen molar-refractivity contribution in [2.24, 2.45) is 11.8 Å². The number of hydrogen-bond donors (Lipinski definition) is 2. The van der Waals surface area contributed by atoms with E-state index in [1.807, 2.05) is 19.1 Å². The number of allylic oxidation sites excluding steroid dienone is 2. The average Bonchev–Trinajstić information content (AvgIpc) is 2.97. The molecular weight excluding hydrogens is 406 g/mol. The summed E-state index contributed by atoms with van der Waals surface area (Å²) in [5.74, 6) is -6.21. The van der Waals surface area contributed by atoms with Gasteiger partial charge in [0.05, 0.1) is 6.10 Å². The average molecular weight is 445 g/mol. The Hall–Kier alpha value is -1.63. The predicted octanol–water partition coefficient (Wildman–Crippen LogP) is 5.49. The molecule has 1 rings (SSSR count). The minimum absolute atomic E-state index is 0.0139. The number of hydrogen-bond acceptors (Lipinski definition) is 4. The lowest BCUT2D eigenvalue weighted by Crippen LogP contribution is -2.30. The smallest absolute Gasteiger partial charge is 0.305 e. The Kier molecular flexibility index (Phi) is 12.8. The zero-order valence-corrected chi connectivity index (χ0v) is 18.7. The zero-order valence-electron chi connectivity index (χ0n) is 18.7. The number of carbonyl (C=O) groups excluding carboxylic acids is 2. The number of alkyl halides is 2. The highest BCUT2D eigenvalue weighted by Gasteiger charge is 2.43. The summed E-state index contributed by atoms with van der Waals surface area (Å²) >= 11 is 0. The highest BCUT2D eigenvalue weighted by Crippen LogP contribution is 2.36. The second-order valence-corrected chi connectivity index (χ2v) is 8.69. The second-order valence-electron chi connectivity index (χ2n) is 8.69. The molecule has 0 aromatic heterocycles. The molecule has 0 spiro atoms. The van der Waals surface area contributed by atoms with Gasteiger partial charge in [-0.3, -0.25) is 14.4 Å². The standard InChI is InChI=1S/C24H38F2O5/c1-2-3-4-11-16-24(25,26)22(29)15-14-19-18(20(27)17-21(19)28)12-9-7-5-6-8-10-13-23(30)31/h7,9,18-19,21,28H,2-6,8,10-17H2,1H3,(H,30,31)/b9-7-/t18?,19-,21-/m1/s1. The van der Waals surface area contributed by atoms with Gasteiger partial charge < -0.3 is 10.2 Å². The van der Waals surface area contributed by atoms with Gasteiger partial charge in [-0.1, -0.05) is 44.8 Å². The molecule has 0 amide bonds. The Morgan fingerprint density at radius 2 is 1.77 bits per heavy atom. The number of aliphatic hydroxyl groups is 1. The maximum atomic E-state index is 14.1. The molecule has 0 radical (unpaired) electrons. The topological polar surface area (TPSA) is 91.7 Å². The van der Waals surface area contributed by atoms with E-state index >= 15 is 0 Å². The number of Topliss-reactive ketones (excluding diaryl/α,β-unsaturated/α-hetero) is 2. The van der Waals surface area contributed by atoms with Crippen molar-refractivity contribution >= 4 is 17.5 Å². The van der Waals surface area contributed by atoms with Crippen molar-refractivity contribution in [3.63, 3.8) is 0 Å². The number of carboxylic acids is 1. The Balaban J connectivity index is 2.43. The van der Waals surface area contributed by atoms with Gasteiger partial charge in [0.25, 0.3) is 0 Å². The first-order valence-electron chi connectivity index (χ1n) is 11.7. The van der Waals surface area contributed by atoms with E-state index < -0.39 is 42.0 Å². The van der Waals surface area contributed by atoms with Crippen LogP contribution in [-0.2, 0) is 14.4 Å². The van der Waals surface area contributed by atoms with Gasteiger partial charge in [-0.25, -0.2) is 0 Å². The molecule has 5 nitrogen and oxygen atoms in total. The summed E-state index contributed by atoms with van der Waals surface area (Å²) in [6, 6.07) is 0. The van der Waals surface area contributed by atoms with E-state index in [0.29, 0.717) is 25.7 Å². The van der Waals surface area contributed by atoms with E-state index in [2.05, 4.69) is 0 Å². The largest absolute Gasteiger partial charge is 0.481 e. The van der Waals surface area contributed by atoms with Crippen molar-refractivity contribution < 1.29 is 33.4 Å². The molecule has 3 atom stereocenters. The molecule has 0 bridgehead atoms. The third kappa shape index (κ3) is 10.5. The van der Waals surface area contributed by atoms with Crippen LogP contribution in [0.15, 0.2) is 12.2 Å². The van der Waals surface area contributed by atoms with Gasteiger partial charge in [-0.05, 0) is 44.4 Å². The van der Waals surface area contributed by atoms with Gasteiger partial charge in [0.15, 0.2) is 0 Å². The Bertz CT molecular complexity index is 603. The molecule has 0 saturated heterocycles. The summed E-state index contributed by atoms with van der Waals surface area (Å²) in [4.78, 5) is 34.7. The third-order valence-electron chi connectivity index (χ3n) is 6.11. The highest BCUT2D eigenvalue weighted by molar-refractivity contribution is 5.86. The normalized spacial score (nSPS) is 21.8. The first kappa shape index (κ1) is 27.4. The fraction of sp³-hybridized carbons (Fsp3) is 0.792. The first-order chi connectivity index (χ1) is 14.7. The van der Waals surface area contributed by atoms with E-state index in [1.54, 1.807) is 0 Å². The summed E-state index contributed by atoms with van der Waals surface area (Å²) in [5.41, 5.74) is 0. The SMILES string of the molecule is CCCCCCC(F)(F)C(=O)CC[C@@H]1C(C/C=C\CCCCCC(=O)O)C(=O)C[C@H]1O. The van der Waals surface area contributed by atoms with E-state index in [1.165, 1.54) is 0 Å². The predicted molar refractivity (Wildman–Crippen MR) is 115 cm³/mol. The van der Waals surface area contributed by atoms with Crippen LogP contribution in [0.4, 0.5) is 8.78 Å². The van der Waals surface area contributed by atoms with Crippen LogP contribution in [-0.4, -0.2) is 39.8 Å². The van der Waals surface area contributed by atoms with Crippen molar-refractivity contribution in [3.8, 4) is 0 Å². The molecule has 2 N–H and O–H groups in total. The van der Waals surface area contributed by atoms with Gasteiger partial charge in [0, 0.05) is 31.6 Å². The van der Waals surface area contributed by atoms with Crippen LogP contribution < -0.4 is 0 Å². The van der Waals surface area contributed by atoms with Crippen LogP contribution in [0, 0.1) is 11.8 Å². The quantitative estimate of drug-likeness (QED) is 0.229. The number of carboxylic acid groups (broad SMARTS) is 1. The molecule has 1 saturated carbocycles. The minimum atomic E-state index is -3.34. The Morgan fingerprint density at radius 3 is 2.45 bits per heavy atom. The number of carbonyl (C=O) groups is 3. The lowest BCUT2D eigenvalue weighted by molar-refractivity contribution is -0.144. The van der Waals surface area contributed by atoms with Crippen LogP contribution in [0.2, 0.25) is 0 Å². The first-order valence-corrected chi connectivity index (χ1v) is 11.7. The van der Waals surface area contributed by atoms with Gasteiger partial charge in [-0.2, -0.15) is 8.78 Å². The molecule has 0 aliphatic heterocycles. The molecule has 1 fully saturated rings. The molecule has 31 heavy (non-hydrogen) atoms. The van der Waals surface area contributed by atoms with E-state index in [4.69, 9.17) is 5.11 Å². The molecule has 1 aliphatic carbocycles. The van der Waals surface area contributed by atoms with E-state index in [0.717, 1.165) is 32.1 Å². The van der Waals surface area contributed by atoms with Crippen molar-refractivity contribution in [1.29, 1.82) is 0 Å². The maximum absolute atomic E-state index is 14.1. The molecule has 0 aromatic rings. The van der Waals surface area contributed by atoms with E-state index in [9.17, 15) is 28.3 Å². The fourth-order valence-electron chi connectivity index (χ4n) is 4.19. The minimum Gasteiger partial charge on any atom is -0.481 e. The highest BCUT2D eigenvalue weighted by atomic mass is 19.3. The van der Waals surface area contributed by atoms with Crippen LogP contribution in [0.3, 0.4) is 0 Å². The van der Waals surface area contributed by atoms with Crippen molar-refractivity contribution in [3.05, 3.63) is 12.2 Å². The second kappa shape index (κ2) is 14.4. The lowest BCUT2D eigenvalue weighted by Gasteiger charge is -2.21. The number of aliphatic hydroxyl groups excluding tert-OH is 1. The summed E-state index contributed by atoms with van der Waals surface area (Å²) in [6.45, 7) is 1.99. The number of unbranched alkanes of at least 4 members (excludes halogenated alkanes) is 6. The van der Waals surface area contributed by atoms with Crippen molar-refractivity contribution in [1.82, 2.24) is 0 Å². The summed E-state index contributed by atoms with van der Waals surface area (Å²) in [5, 5.41) is 18.8. The molecule has 7 heteroatoms. The number of aliphatic carboxylic acids is 1. The molecule has 0 heterocycles. The van der Waals surface area contributed by atoms with Crippen LogP contribution >= 0.6 is 0 Å². The third-order valence-corrected chi connectivity index (χ3v) is 6.11. The van der Waals surface area contributed by atoms with Gasteiger partial charge in [-0.15, -0.1) is 0 Å². The summed E-state index contributed by atoms with van der Waals surface area (Å²) in [6.07, 6.45) is 8.77. The molecule has 178 valence electrons. The maximum Gasteiger partial charge on any atom is 0.305 e. The van der Waals surface area contributed by atoms with Crippen molar-refractivity contribution in [2.75, 3.05) is 0 Å². The lowest BCUT2D eigenvalue weighted by atomic mass is 9.86. The summed E-state index contributed by atoms with van der Waals surface area (Å²) < 4.78 is 28.2. The number of halogens is 2. The Morgan fingerprint density at radius 1 is 1.06 bits per heavy atom.